The van der Waals surface area contributed by atoms with Gasteiger partial charge in [-0.1, -0.05) is 12.1 Å². The standard InChI is InChI=1S/C17H21FN4O.HI/c1-3-19-17(20-4-2)22-12-13-8-9-16(21-11-13)23-15-7-5-6-14(18)10-15;/h5-11H,3-4,12H2,1-2H3,(H2,19,20,22);1H. The number of pyridine rings is 1. The number of nitrogens with zero attached hydrogens (tertiary/aromatic N) is 2. The maximum atomic E-state index is 13.1. The molecule has 0 bridgehead atoms. The first-order valence-corrected chi connectivity index (χ1v) is 7.61. The van der Waals surface area contributed by atoms with Crippen molar-refractivity contribution in [3.8, 4) is 11.6 Å². The molecular formula is C17H22FIN4O. The lowest BCUT2D eigenvalue weighted by Gasteiger charge is -2.09. The van der Waals surface area contributed by atoms with E-state index in [0.717, 1.165) is 24.6 Å². The predicted molar refractivity (Wildman–Crippen MR) is 105 cm³/mol. The van der Waals surface area contributed by atoms with E-state index < -0.39 is 0 Å². The summed E-state index contributed by atoms with van der Waals surface area (Å²) in [5, 5.41) is 6.32. The SMILES string of the molecule is CCNC(=NCc1ccc(Oc2cccc(F)c2)nc1)NCC.I. The molecule has 2 aromatic rings. The third-order valence-electron chi connectivity index (χ3n) is 2.92. The third kappa shape index (κ3) is 6.69. The van der Waals surface area contributed by atoms with Gasteiger partial charge in [-0.15, -0.1) is 24.0 Å². The molecule has 0 amide bonds. The Kier molecular flexibility index (Phi) is 9.06. The van der Waals surface area contributed by atoms with Crippen molar-refractivity contribution in [2.75, 3.05) is 13.1 Å². The van der Waals surface area contributed by atoms with E-state index in [1.165, 1.54) is 12.1 Å². The highest BCUT2D eigenvalue weighted by atomic mass is 127. The average molecular weight is 444 g/mol. The highest BCUT2D eigenvalue weighted by molar-refractivity contribution is 14.0. The minimum atomic E-state index is -0.340. The van der Waals surface area contributed by atoms with Crippen molar-refractivity contribution in [3.05, 3.63) is 54.0 Å². The van der Waals surface area contributed by atoms with E-state index in [0.29, 0.717) is 18.2 Å². The first-order valence-electron chi connectivity index (χ1n) is 7.61. The Hall–Kier alpha value is -1.90. The number of hydrogen-bond donors (Lipinski definition) is 2. The molecule has 0 aliphatic rings. The largest absolute Gasteiger partial charge is 0.439 e. The van der Waals surface area contributed by atoms with Gasteiger partial charge in [0, 0.05) is 31.4 Å². The summed E-state index contributed by atoms with van der Waals surface area (Å²) in [4.78, 5) is 8.68. The molecular weight excluding hydrogens is 422 g/mol. The van der Waals surface area contributed by atoms with Crippen molar-refractivity contribution in [1.29, 1.82) is 0 Å². The van der Waals surface area contributed by atoms with Crippen LogP contribution in [0.2, 0.25) is 0 Å². The van der Waals surface area contributed by atoms with Crippen LogP contribution in [0.3, 0.4) is 0 Å². The van der Waals surface area contributed by atoms with Crippen LogP contribution in [0.1, 0.15) is 19.4 Å². The summed E-state index contributed by atoms with van der Waals surface area (Å²) in [6, 6.07) is 9.60. The second kappa shape index (κ2) is 10.8. The van der Waals surface area contributed by atoms with E-state index in [-0.39, 0.29) is 29.8 Å². The molecule has 0 saturated heterocycles. The molecule has 130 valence electrons. The van der Waals surface area contributed by atoms with Gasteiger partial charge in [-0.2, -0.15) is 0 Å². The van der Waals surface area contributed by atoms with Crippen molar-refractivity contribution in [2.45, 2.75) is 20.4 Å². The lowest BCUT2D eigenvalue weighted by atomic mass is 10.3. The number of rotatable bonds is 6. The van der Waals surface area contributed by atoms with Crippen molar-refractivity contribution < 1.29 is 9.13 Å². The summed E-state index contributed by atoms with van der Waals surface area (Å²) < 4.78 is 18.6. The molecule has 2 N–H and O–H groups in total. The van der Waals surface area contributed by atoms with Gasteiger partial charge in [-0.25, -0.2) is 14.4 Å². The van der Waals surface area contributed by atoms with Gasteiger partial charge in [-0.3, -0.25) is 0 Å². The van der Waals surface area contributed by atoms with Crippen LogP contribution in [0.15, 0.2) is 47.6 Å². The van der Waals surface area contributed by atoms with Crippen molar-refractivity contribution >= 4 is 29.9 Å². The molecule has 2 rings (SSSR count). The zero-order valence-electron chi connectivity index (χ0n) is 13.8. The van der Waals surface area contributed by atoms with Gasteiger partial charge in [-0.05, 0) is 31.5 Å². The zero-order valence-corrected chi connectivity index (χ0v) is 16.1. The Labute approximate surface area is 158 Å². The molecule has 0 atom stereocenters. The van der Waals surface area contributed by atoms with E-state index in [2.05, 4.69) is 20.6 Å². The number of hydrogen-bond acceptors (Lipinski definition) is 3. The second-order valence-corrected chi connectivity index (χ2v) is 4.79. The third-order valence-corrected chi connectivity index (χ3v) is 2.92. The summed E-state index contributed by atoms with van der Waals surface area (Å²) in [5.74, 6) is 1.27. The summed E-state index contributed by atoms with van der Waals surface area (Å²) in [6.07, 6.45) is 1.70. The first-order chi connectivity index (χ1) is 11.2. The summed E-state index contributed by atoms with van der Waals surface area (Å²) in [5.41, 5.74) is 0.963. The molecule has 1 heterocycles. The van der Waals surface area contributed by atoms with Crippen LogP contribution in [0.4, 0.5) is 4.39 Å². The molecule has 0 aliphatic heterocycles. The van der Waals surface area contributed by atoms with Crippen molar-refractivity contribution in [3.63, 3.8) is 0 Å². The van der Waals surface area contributed by atoms with Gasteiger partial charge >= 0.3 is 0 Å². The van der Waals surface area contributed by atoms with Crippen LogP contribution in [0.5, 0.6) is 11.6 Å². The number of benzene rings is 1. The number of nitrogens with one attached hydrogen (secondary N) is 2. The van der Waals surface area contributed by atoms with Crippen LogP contribution in [0.25, 0.3) is 0 Å². The van der Waals surface area contributed by atoms with Gasteiger partial charge < -0.3 is 15.4 Å². The summed E-state index contributed by atoms with van der Waals surface area (Å²) in [6.45, 7) is 6.18. The molecule has 0 radical (unpaired) electrons. The molecule has 5 nitrogen and oxygen atoms in total. The highest BCUT2D eigenvalue weighted by Crippen LogP contribution is 2.20. The normalized spacial score (nSPS) is 9.62. The van der Waals surface area contributed by atoms with Gasteiger partial charge in [0.1, 0.15) is 11.6 Å². The lowest BCUT2D eigenvalue weighted by Crippen LogP contribution is -2.36. The molecule has 1 aromatic heterocycles. The molecule has 1 aromatic carbocycles. The van der Waals surface area contributed by atoms with Gasteiger partial charge in [0.2, 0.25) is 5.88 Å². The monoisotopic (exact) mass is 444 g/mol. The predicted octanol–water partition coefficient (Wildman–Crippen LogP) is 3.71. The number of halogens is 2. The van der Waals surface area contributed by atoms with Gasteiger partial charge in [0.25, 0.3) is 0 Å². The first kappa shape index (κ1) is 20.1. The summed E-state index contributed by atoms with van der Waals surface area (Å²) >= 11 is 0. The van der Waals surface area contributed by atoms with E-state index in [1.54, 1.807) is 24.4 Å². The molecule has 0 saturated carbocycles. The van der Waals surface area contributed by atoms with E-state index in [4.69, 9.17) is 4.74 Å². The topological polar surface area (TPSA) is 58.5 Å². The van der Waals surface area contributed by atoms with Gasteiger partial charge in [0.15, 0.2) is 5.96 Å². The molecule has 0 unspecified atom stereocenters. The molecule has 0 spiro atoms. The fourth-order valence-electron chi connectivity index (χ4n) is 1.90. The van der Waals surface area contributed by atoms with Crippen LogP contribution in [-0.2, 0) is 6.54 Å². The molecule has 0 fully saturated rings. The second-order valence-electron chi connectivity index (χ2n) is 4.79. The van der Waals surface area contributed by atoms with Crippen LogP contribution >= 0.6 is 24.0 Å². The fourth-order valence-corrected chi connectivity index (χ4v) is 1.90. The Morgan fingerprint density at radius 3 is 2.50 bits per heavy atom. The maximum Gasteiger partial charge on any atom is 0.219 e. The van der Waals surface area contributed by atoms with Crippen molar-refractivity contribution in [1.82, 2.24) is 15.6 Å². The minimum absolute atomic E-state index is 0. The molecule has 7 heteroatoms. The quantitative estimate of drug-likeness (QED) is 0.405. The Bertz CT molecular complexity index is 641. The van der Waals surface area contributed by atoms with Crippen molar-refractivity contribution in [2.24, 2.45) is 4.99 Å². The Balaban J connectivity index is 0.00000288. The fraction of sp³-hybridized carbons (Fsp3) is 0.294. The van der Waals surface area contributed by atoms with E-state index in [9.17, 15) is 4.39 Å². The molecule has 0 aliphatic carbocycles. The smallest absolute Gasteiger partial charge is 0.219 e. The lowest BCUT2D eigenvalue weighted by molar-refractivity contribution is 0.457. The number of aliphatic imine (C=N–C) groups is 1. The van der Waals surface area contributed by atoms with Crippen LogP contribution in [-0.4, -0.2) is 24.0 Å². The Morgan fingerprint density at radius 2 is 1.92 bits per heavy atom. The number of ether oxygens (including phenoxy) is 1. The van der Waals surface area contributed by atoms with Crippen LogP contribution in [0, 0.1) is 5.82 Å². The van der Waals surface area contributed by atoms with Gasteiger partial charge in [0.05, 0.1) is 6.54 Å². The minimum Gasteiger partial charge on any atom is -0.439 e. The number of guanidine groups is 1. The zero-order chi connectivity index (χ0) is 16.5. The van der Waals surface area contributed by atoms with Crippen LogP contribution < -0.4 is 15.4 Å². The Morgan fingerprint density at radius 1 is 1.17 bits per heavy atom. The van der Waals surface area contributed by atoms with E-state index >= 15 is 0 Å². The molecule has 24 heavy (non-hydrogen) atoms. The number of aromatic nitrogens is 1. The highest BCUT2D eigenvalue weighted by Gasteiger charge is 2.01. The van der Waals surface area contributed by atoms with E-state index in [1.807, 2.05) is 19.9 Å². The maximum absolute atomic E-state index is 13.1. The summed E-state index contributed by atoms with van der Waals surface area (Å²) in [7, 11) is 0. The average Bonchev–Trinajstić information content (AvgIpc) is 2.54.